The molecule has 2 saturated heterocycles. The fourth-order valence-electron chi connectivity index (χ4n) is 2.59. The second-order valence-corrected chi connectivity index (χ2v) is 5.63. The maximum absolute atomic E-state index is 6.04. The van der Waals surface area contributed by atoms with E-state index in [4.69, 9.17) is 18.9 Å². The van der Waals surface area contributed by atoms with Gasteiger partial charge in [0.2, 0.25) is 0 Å². The molecule has 0 aromatic carbocycles. The van der Waals surface area contributed by atoms with Crippen molar-refractivity contribution in [2.75, 3.05) is 13.2 Å². The molecule has 0 N–H and O–H groups in total. The number of rotatable bonds is 5. The average molecular weight is 244 g/mol. The lowest BCUT2D eigenvalue weighted by Gasteiger charge is -2.31. The number of hydrogen-bond acceptors (Lipinski definition) is 4. The highest BCUT2D eigenvalue weighted by Gasteiger charge is 2.61. The van der Waals surface area contributed by atoms with Crippen LogP contribution >= 0.6 is 0 Å². The molecule has 4 atom stereocenters. The first-order chi connectivity index (χ1) is 7.94. The fraction of sp³-hybridized carbons (Fsp3) is 1.00. The third-order valence-corrected chi connectivity index (χ3v) is 3.30. The Morgan fingerprint density at radius 3 is 2.47 bits per heavy atom. The summed E-state index contributed by atoms with van der Waals surface area (Å²) in [4.78, 5) is 0. The first-order valence-corrected chi connectivity index (χ1v) is 6.51. The van der Waals surface area contributed by atoms with Gasteiger partial charge in [-0.05, 0) is 34.6 Å². The van der Waals surface area contributed by atoms with Gasteiger partial charge in [0.05, 0.1) is 31.5 Å². The lowest BCUT2D eigenvalue weighted by molar-refractivity contribution is -0.174. The number of hydrogen-bond donors (Lipinski definition) is 0. The Morgan fingerprint density at radius 1 is 1.24 bits per heavy atom. The zero-order valence-electron chi connectivity index (χ0n) is 11.4. The molecule has 2 bridgehead atoms. The van der Waals surface area contributed by atoms with Gasteiger partial charge in [0, 0.05) is 0 Å². The molecule has 0 radical (unpaired) electrons. The van der Waals surface area contributed by atoms with E-state index >= 15 is 0 Å². The molecule has 17 heavy (non-hydrogen) atoms. The van der Waals surface area contributed by atoms with Crippen molar-refractivity contribution in [3.05, 3.63) is 0 Å². The van der Waals surface area contributed by atoms with E-state index in [0.717, 1.165) is 0 Å². The molecular weight excluding hydrogens is 220 g/mol. The Morgan fingerprint density at radius 2 is 1.94 bits per heavy atom. The van der Waals surface area contributed by atoms with Gasteiger partial charge in [-0.15, -0.1) is 0 Å². The molecule has 0 aliphatic carbocycles. The van der Waals surface area contributed by atoms with E-state index in [1.54, 1.807) is 0 Å². The largest absolute Gasteiger partial charge is 0.376 e. The topological polar surface area (TPSA) is 36.9 Å². The minimum absolute atomic E-state index is 0.00347. The van der Waals surface area contributed by atoms with Crippen molar-refractivity contribution >= 4 is 0 Å². The maximum atomic E-state index is 6.04. The van der Waals surface area contributed by atoms with Crippen LogP contribution in [0, 0.1) is 0 Å². The summed E-state index contributed by atoms with van der Waals surface area (Å²) in [5.41, 5.74) is -0.404. The van der Waals surface area contributed by atoms with Crippen LogP contribution in [0.1, 0.15) is 34.6 Å². The van der Waals surface area contributed by atoms with Gasteiger partial charge in [-0.2, -0.15) is 0 Å². The number of ether oxygens (including phenoxy) is 4. The number of fused-ring (bicyclic) bond motifs is 2. The van der Waals surface area contributed by atoms with Crippen LogP contribution in [0.5, 0.6) is 0 Å². The third-order valence-electron chi connectivity index (χ3n) is 3.30. The molecule has 2 heterocycles. The van der Waals surface area contributed by atoms with Gasteiger partial charge in [-0.25, -0.2) is 0 Å². The quantitative estimate of drug-likeness (QED) is 0.738. The van der Waals surface area contributed by atoms with Crippen molar-refractivity contribution in [3.63, 3.8) is 0 Å². The van der Waals surface area contributed by atoms with Crippen LogP contribution in [-0.4, -0.2) is 49.3 Å². The van der Waals surface area contributed by atoms with Crippen LogP contribution in [0.15, 0.2) is 0 Å². The minimum Gasteiger partial charge on any atom is -0.376 e. The van der Waals surface area contributed by atoms with Crippen molar-refractivity contribution < 1.29 is 18.9 Å². The summed E-state index contributed by atoms with van der Waals surface area (Å²) < 4.78 is 23.5. The van der Waals surface area contributed by atoms with Gasteiger partial charge < -0.3 is 18.9 Å². The Balaban J connectivity index is 2.07. The molecule has 4 nitrogen and oxygen atoms in total. The van der Waals surface area contributed by atoms with Gasteiger partial charge in [0.1, 0.15) is 17.8 Å². The lowest BCUT2D eigenvalue weighted by atomic mass is 9.99. The summed E-state index contributed by atoms with van der Waals surface area (Å²) >= 11 is 0. The monoisotopic (exact) mass is 244 g/mol. The van der Waals surface area contributed by atoms with Crippen LogP contribution in [0.3, 0.4) is 0 Å². The Kier molecular flexibility index (Phi) is 3.78. The van der Waals surface area contributed by atoms with Gasteiger partial charge in [-0.3, -0.25) is 0 Å². The molecule has 0 saturated carbocycles. The first-order valence-electron chi connectivity index (χ1n) is 6.51. The van der Waals surface area contributed by atoms with Crippen LogP contribution in [0.25, 0.3) is 0 Å². The first kappa shape index (κ1) is 13.3. The summed E-state index contributed by atoms with van der Waals surface area (Å²) in [6.45, 7) is 11.3. The van der Waals surface area contributed by atoms with Crippen LogP contribution in [0.2, 0.25) is 0 Å². The molecule has 100 valence electrons. The van der Waals surface area contributed by atoms with E-state index in [1.807, 2.05) is 34.6 Å². The van der Waals surface area contributed by atoms with E-state index in [9.17, 15) is 0 Å². The van der Waals surface area contributed by atoms with Crippen molar-refractivity contribution in [2.24, 2.45) is 0 Å². The van der Waals surface area contributed by atoms with E-state index in [2.05, 4.69) is 0 Å². The van der Waals surface area contributed by atoms with E-state index in [-0.39, 0.29) is 30.5 Å². The summed E-state index contributed by atoms with van der Waals surface area (Å²) in [5, 5.41) is 0. The average Bonchev–Trinajstić information content (AvgIpc) is 2.67. The molecule has 2 aliphatic rings. The third kappa shape index (κ3) is 2.50. The molecule has 0 spiro atoms. The molecule has 0 amide bonds. The highest BCUT2D eigenvalue weighted by molar-refractivity contribution is 5.08. The van der Waals surface area contributed by atoms with E-state index in [1.165, 1.54) is 0 Å². The summed E-state index contributed by atoms with van der Waals surface area (Å²) in [6.07, 6.45) is 0.506. The van der Waals surface area contributed by atoms with Crippen molar-refractivity contribution in [3.8, 4) is 0 Å². The van der Waals surface area contributed by atoms with Crippen molar-refractivity contribution in [1.29, 1.82) is 0 Å². The predicted octanol–water partition coefficient (Wildman–Crippen LogP) is 1.76. The van der Waals surface area contributed by atoms with Gasteiger partial charge in [-0.1, -0.05) is 0 Å². The Hall–Kier alpha value is -0.160. The molecule has 0 aromatic rings. The smallest absolute Gasteiger partial charge is 0.144 e. The van der Waals surface area contributed by atoms with Crippen LogP contribution in [0.4, 0.5) is 0 Å². The fourth-order valence-corrected chi connectivity index (χ4v) is 2.59. The highest BCUT2D eigenvalue weighted by Crippen LogP contribution is 2.42. The second kappa shape index (κ2) is 4.84. The van der Waals surface area contributed by atoms with E-state index < -0.39 is 5.60 Å². The van der Waals surface area contributed by atoms with Crippen LogP contribution < -0.4 is 0 Å². The zero-order chi connectivity index (χ0) is 12.6. The van der Waals surface area contributed by atoms with Gasteiger partial charge in [0.15, 0.2) is 0 Å². The molecule has 2 aliphatic heterocycles. The summed E-state index contributed by atoms with van der Waals surface area (Å²) in [6, 6.07) is 0. The molecule has 0 aromatic heterocycles. The molecule has 4 heteroatoms. The highest BCUT2D eigenvalue weighted by atomic mass is 16.7. The SMILES string of the molecule is CC(C)OC[C@@]12COC([C@H](C)O1)[C@H]2OC(C)C. The predicted molar refractivity (Wildman–Crippen MR) is 64.1 cm³/mol. The maximum Gasteiger partial charge on any atom is 0.144 e. The molecule has 1 unspecified atom stereocenters. The van der Waals surface area contributed by atoms with E-state index in [0.29, 0.717) is 13.2 Å². The van der Waals surface area contributed by atoms with Crippen LogP contribution in [-0.2, 0) is 18.9 Å². The zero-order valence-corrected chi connectivity index (χ0v) is 11.4. The minimum atomic E-state index is -0.404. The van der Waals surface area contributed by atoms with Gasteiger partial charge >= 0.3 is 0 Å². The Labute approximate surface area is 104 Å². The summed E-state index contributed by atoms with van der Waals surface area (Å²) in [5.74, 6) is 0. The second-order valence-electron chi connectivity index (χ2n) is 5.63. The molecule has 2 rings (SSSR count). The lowest BCUT2D eigenvalue weighted by Crippen LogP contribution is -2.47. The van der Waals surface area contributed by atoms with Crippen molar-refractivity contribution in [1.82, 2.24) is 0 Å². The summed E-state index contributed by atoms with van der Waals surface area (Å²) in [7, 11) is 0. The molecule has 2 fully saturated rings. The normalized spacial score (nSPS) is 40.8. The Bertz CT molecular complexity index is 266. The molecular formula is C13H24O4. The van der Waals surface area contributed by atoms with Gasteiger partial charge in [0.25, 0.3) is 0 Å². The van der Waals surface area contributed by atoms with Crippen molar-refractivity contribution in [2.45, 2.75) is 70.7 Å². The standard InChI is InChI=1S/C13H24O4/c1-8(2)14-6-13-7-15-11(10(5)17-13)12(13)16-9(3)4/h8-12H,6-7H2,1-5H3/t10-,11?,12+,13-/m0/s1.